The minimum atomic E-state index is -4.64. The minimum Gasteiger partial charge on any atom is -0.397 e. The van der Waals surface area contributed by atoms with Crippen LogP contribution in [0.25, 0.3) is 0 Å². The summed E-state index contributed by atoms with van der Waals surface area (Å²) in [5, 5.41) is 7.57. The van der Waals surface area contributed by atoms with Gasteiger partial charge in [0, 0.05) is 6.61 Å². The molecule has 0 aliphatic carbocycles. The van der Waals surface area contributed by atoms with Crippen LogP contribution in [0.5, 0.6) is 0 Å². The van der Waals surface area contributed by atoms with Crippen LogP contribution in [0.15, 0.2) is 18.2 Å². The number of benzene rings is 1. The predicted octanol–water partition coefficient (Wildman–Crippen LogP) is 0.156. The summed E-state index contributed by atoms with van der Waals surface area (Å²) in [6, 6.07) is 9.80. The number of phosphoric acid groups is 1. The fraction of sp³-hybridized carbons (Fsp3) is 0.625. The summed E-state index contributed by atoms with van der Waals surface area (Å²) in [6.07, 6.45) is 0. The monoisotopic (exact) mass is 356 g/mol. The number of hydrogen-bond acceptors (Lipinski definition) is 2. The molecule has 5 nitrogen and oxygen atoms in total. The Morgan fingerprint density at radius 1 is 1.04 bits per heavy atom. The van der Waals surface area contributed by atoms with Gasteiger partial charge in [-0.15, -0.1) is 0 Å². The first-order chi connectivity index (χ1) is 9.62. The van der Waals surface area contributed by atoms with E-state index in [1.807, 2.05) is 6.07 Å². The number of aliphatic hydroxyl groups excluding tert-OH is 1. The molecule has 0 heterocycles. The van der Waals surface area contributed by atoms with Crippen LogP contribution in [-0.2, 0) is 15.4 Å². The summed E-state index contributed by atoms with van der Waals surface area (Å²) < 4.78 is 8.88. The van der Waals surface area contributed by atoms with E-state index in [4.69, 9.17) is 24.4 Å². The van der Waals surface area contributed by atoms with Crippen LogP contribution in [0.3, 0.4) is 0 Å². The molecule has 0 unspecified atom stereocenters. The van der Waals surface area contributed by atoms with Gasteiger partial charge in [-0.1, -0.05) is 41.5 Å². The molecule has 0 radical (unpaired) electrons. The standard InChI is InChI=1S/C14H21.C2H6O.Na.H3O4P/c1-13(2,3)11-8-7-9-12(10-11)14(4,5)6;1-2-3;;1-5(2,3)4/h7-8,10H,1-6H3;3H,2H2,1H3;;(H3,1,2,3,4)/q-1;;+1;. The second-order valence-electron chi connectivity index (χ2n) is 6.82. The van der Waals surface area contributed by atoms with E-state index in [9.17, 15) is 0 Å². The van der Waals surface area contributed by atoms with Gasteiger partial charge >= 0.3 is 37.4 Å². The van der Waals surface area contributed by atoms with E-state index in [-0.39, 0.29) is 47.0 Å². The Labute approximate surface area is 162 Å². The normalized spacial score (nSPS) is 11.3. The molecular weight excluding hydrogens is 326 g/mol. The fourth-order valence-corrected chi connectivity index (χ4v) is 1.37. The molecule has 0 bridgehead atoms. The molecule has 130 valence electrons. The second kappa shape index (κ2) is 11.8. The van der Waals surface area contributed by atoms with Gasteiger partial charge in [0.2, 0.25) is 0 Å². The third-order valence-electron chi connectivity index (χ3n) is 2.48. The zero-order valence-corrected chi connectivity index (χ0v) is 18.5. The van der Waals surface area contributed by atoms with Crippen molar-refractivity contribution in [2.45, 2.75) is 59.3 Å². The fourth-order valence-electron chi connectivity index (χ4n) is 1.37. The van der Waals surface area contributed by atoms with Crippen LogP contribution in [0, 0.1) is 6.07 Å². The van der Waals surface area contributed by atoms with Crippen molar-refractivity contribution in [2.24, 2.45) is 0 Å². The minimum absolute atomic E-state index is 0. The first kappa shape index (κ1) is 28.1. The van der Waals surface area contributed by atoms with Gasteiger partial charge < -0.3 is 19.8 Å². The number of aliphatic hydroxyl groups is 1. The van der Waals surface area contributed by atoms with Crippen LogP contribution >= 0.6 is 7.82 Å². The molecule has 1 aromatic rings. The summed E-state index contributed by atoms with van der Waals surface area (Å²) in [6.45, 7) is 15.3. The summed E-state index contributed by atoms with van der Waals surface area (Å²) in [5.41, 5.74) is 3.11. The van der Waals surface area contributed by atoms with Crippen molar-refractivity contribution in [1.82, 2.24) is 0 Å². The van der Waals surface area contributed by atoms with Crippen LogP contribution in [0.4, 0.5) is 0 Å². The van der Waals surface area contributed by atoms with Crippen molar-refractivity contribution in [3.8, 4) is 0 Å². The van der Waals surface area contributed by atoms with Crippen molar-refractivity contribution in [2.75, 3.05) is 6.61 Å². The summed E-state index contributed by atoms with van der Waals surface area (Å²) in [4.78, 5) is 21.6. The molecule has 0 saturated heterocycles. The van der Waals surface area contributed by atoms with Crippen LogP contribution < -0.4 is 29.6 Å². The van der Waals surface area contributed by atoms with Crippen molar-refractivity contribution in [3.05, 3.63) is 35.4 Å². The first-order valence-electron chi connectivity index (χ1n) is 7.04. The van der Waals surface area contributed by atoms with Gasteiger partial charge in [-0.3, -0.25) is 0 Å². The van der Waals surface area contributed by atoms with E-state index in [1.54, 1.807) is 6.92 Å². The summed E-state index contributed by atoms with van der Waals surface area (Å²) >= 11 is 0. The molecule has 1 aromatic carbocycles. The molecule has 0 aliphatic rings. The Morgan fingerprint density at radius 2 is 1.39 bits per heavy atom. The molecule has 1 rings (SSSR count). The van der Waals surface area contributed by atoms with E-state index in [0.717, 1.165) is 0 Å². The SMILES string of the molecule is CC(C)(C)c1[c-]ccc(C(C)(C)C)c1.CCO.O=P(O)(O)O.[Na+]. The van der Waals surface area contributed by atoms with E-state index in [1.165, 1.54) is 11.1 Å². The predicted molar refractivity (Wildman–Crippen MR) is 89.7 cm³/mol. The quantitative estimate of drug-likeness (QED) is 0.302. The van der Waals surface area contributed by atoms with Crippen molar-refractivity contribution in [3.63, 3.8) is 0 Å². The Kier molecular flexibility index (Phi) is 14.4. The zero-order chi connectivity index (χ0) is 18.2. The number of hydrogen-bond donors (Lipinski definition) is 4. The molecule has 0 amide bonds. The van der Waals surface area contributed by atoms with E-state index < -0.39 is 7.82 Å². The van der Waals surface area contributed by atoms with Gasteiger partial charge in [0.05, 0.1) is 0 Å². The summed E-state index contributed by atoms with van der Waals surface area (Å²) in [5.74, 6) is 0. The Hall–Kier alpha value is 0.290. The van der Waals surface area contributed by atoms with Crippen LogP contribution in [0.1, 0.15) is 59.6 Å². The Morgan fingerprint density at radius 3 is 1.65 bits per heavy atom. The molecule has 23 heavy (non-hydrogen) atoms. The van der Waals surface area contributed by atoms with Crippen molar-refractivity contribution >= 4 is 7.82 Å². The molecular formula is C16H30NaO5P. The molecule has 0 atom stereocenters. The maximum atomic E-state index is 8.88. The molecule has 0 aliphatic heterocycles. The third-order valence-corrected chi connectivity index (χ3v) is 2.48. The van der Waals surface area contributed by atoms with Gasteiger partial charge in [0.15, 0.2) is 0 Å². The molecule has 0 aromatic heterocycles. The molecule has 0 spiro atoms. The third kappa shape index (κ3) is 18.5. The van der Waals surface area contributed by atoms with Crippen molar-refractivity contribution < 1.29 is 53.9 Å². The maximum absolute atomic E-state index is 8.88. The second-order valence-corrected chi connectivity index (χ2v) is 7.85. The van der Waals surface area contributed by atoms with E-state index in [0.29, 0.717) is 0 Å². The average molecular weight is 356 g/mol. The Balaban J connectivity index is -0.000000376. The van der Waals surface area contributed by atoms with Gasteiger partial charge in [-0.05, 0) is 17.8 Å². The number of rotatable bonds is 0. The van der Waals surface area contributed by atoms with Gasteiger partial charge in [0.1, 0.15) is 0 Å². The van der Waals surface area contributed by atoms with Crippen LogP contribution in [0.2, 0.25) is 0 Å². The smallest absolute Gasteiger partial charge is 0.397 e. The topological polar surface area (TPSA) is 98.0 Å². The van der Waals surface area contributed by atoms with Crippen LogP contribution in [-0.4, -0.2) is 26.4 Å². The van der Waals surface area contributed by atoms with Gasteiger partial charge in [0.25, 0.3) is 0 Å². The first-order valence-corrected chi connectivity index (χ1v) is 8.61. The Bertz CT molecular complexity index is 435. The largest absolute Gasteiger partial charge is 1.00 e. The van der Waals surface area contributed by atoms with E-state index in [2.05, 4.69) is 59.7 Å². The van der Waals surface area contributed by atoms with E-state index >= 15 is 0 Å². The zero-order valence-electron chi connectivity index (χ0n) is 15.6. The maximum Gasteiger partial charge on any atom is 1.00 e. The molecule has 4 N–H and O–H groups in total. The summed E-state index contributed by atoms with van der Waals surface area (Å²) in [7, 11) is -4.64. The van der Waals surface area contributed by atoms with Gasteiger partial charge in [-0.2, -0.15) is 35.4 Å². The molecule has 7 heteroatoms. The van der Waals surface area contributed by atoms with Crippen molar-refractivity contribution in [1.29, 1.82) is 0 Å². The molecule has 0 saturated carbocycles. The molecule has 0 fully saturated rings. The average Bonchev–Trinajstić information content (AvgIpc) is 2.25. The van der Waals surface area contributed by atoms with Gasteiger partial charge in [-0.25, -0.2) is 4.57 Å².